The maximum absolute atomic E-state index is 11.5. The summed E-state index contributed by atoms with van der Waals surface area (Å²) in [6, 6.07) is -0.531. The van der Waals surface area contributed by atoms with Gasteiger partial charge in [0.1, 0.15) is 0 Å². The van der Waals surface area contributed by atoms with Crippen LogP contribution in [0.3, 0.4) is 0 Å². The van der Waals surface area contributed by atoms with Crippen molar-refractivity contribution in [3.05, 3.63) is 0 Å². The molecule has 0 aromatic rings. The zero-order valence-corrected chi connectivity index (χ0v) is 21.5. The predicted molar refractivity (Wildman–Crippen MR) is 133 cm³/mol. The van der Waals surface area contributed by atoms with Gasteiger partial charge in [-0.15, -0.1) is 0 Å². The fourth-order valence-corrected chi connectivity index (χ4v) is 9.38. The van der Waals surface area contributed by atoms with Crippen LogP contribution in [-0.4, -0.2) is 11.7 Å². The molecule has 4 saturated carbocycles. The van der Waals surface area contributed by atoms with Gasteiger partial charge in [0.2, 0.25) is 0 Å². The maximum atomic E-state index is 11.5. The number of amides is 2. The van der Waals surface area contributed by atoms with E-state index in [0.717, 1.165) is 30.1 Å². The third-order valence-electron chi connectivity index (χ3n) is 10.8. The number of hydrazone groups is 1. The Kier molecular flexibility index (Phi) is 6.99. The van der Waals surface area contributed by atoms with E-state index >= 15 is 0 Å². The molecular weight excluding hydrogens is 394 g/mol. The van der Waals surface area contributed by atoms with E-state index in [9.17, 15) is 4.79 Å². The number of hydrogen-bond donors (Lipinski definition) is 2. The molecule has 182 valence electrons. The average Bonchev–Trinajstić information content (AvgIpc) is 3.03. The van der Waals surface area contributed by atoms with Gasteiger partial charge in [0.05, 0.1) is 0 Å². The monoisotopic (exact) mass is 443 g/mol. The van der Waals surface area contributed by atoms with E-state index in [2.05, 4.69) is 45.1 Å². The fraction of sp³-hybridized carbons (Fsp3) is 0.929. The SMILES string of the molecule is CC(C)CCC[C@@H](C)[C@H]1/C(=N/NC(N)=O)C[C@H]2[C@@H]3CC[C@@H]4CCCC[C@]4(C)[C@H]3CC[C@]12C. The second-order valence-corrected chi connectivity index (χ2v) is 13.0. The van der Waals surface area contributed by atoms with Crippen LogP contribution in [-0.2, 0) is 0 Å². The summed E-state index contributed by atoms with van der Waals surface area (Å²) in [5.74, 6) is 5.24. The third kappa shape index (κ3) is 4.25. The van der Waals surface area contributed by atoms with Crippen molar-refractivity contribution in [1.82, 2.24) is 5.43 Å². The molecule has 0 saturated heterocycles. The molecule has 4 fully saturated rings. The minimum Gasteiger partial charge on any atom is -0.350 e. The molecule has 4 heteroatoms. The summed E-state index contributed by atoms with van der Waals surface area (Å²) in [6.07, 6.45) is 16.3. The number of hydrogen-bond acceptors (Lipinski definition) is 2. The lowest BCUT2D eigenvalue weighted by atomic mass is 9.44. The molecule has 4 nitrogen and oxygen atoms in total. The lowest BCUT2D eigenvalue weighted by Crippen LogP contribution is -2.53. The van der Waals surface area contributed by atoms with Crippen molar-refractivity contribution in [2.45, 2.75) is 112 Å². The normalized spacial score (nSPS) is 43.4. The Hall–Kier alpha value is -1.06. The highest BCUT2D eigenvalue weighted by Crippen LogP contribution is 2.67. The van der Waals surface area contributed by atoms with Gasteiger partial charge in [-0.25, -0.2) is 10.2 Å². The summed E-state index contributed by atoms with van der Waals surface area (Å²) in [6.45, 7) is 12.3. The molecule has 0 aromatic heterocycles. The summed E-state index contributed by atoms with van der Waals surface area (Å²) in [7, 11) is 0. The summed E-state index contributed by atoms with van der Waals surface area (Å²) >= 11 is 0. The highest BCUT2D eigenvalue weighted by atomic mass is 16.2. The van der Waals surface area contributed by atoms with Gasteiger partial charge in [0.15, 0.2) is 0 Å². The largest absolute Gasteiger partial charge is 0.350 e. The van der Waals surface area contributed by atoms with Gasteiger partial charge in [-0.2, -0.15) is 5.10 Å². The van der Waals surface area contributed by atoms with Crippen LogP contribution in [0, 0.1) is 52.3 Å². The van der Waals surface area contributed by atoms with Crippen molar-refractivity contribution in [2.75, 3.05) is 0 Å². The lowest BCUT2D eigenvalue weighted by Gasteiger charge is -2.60. The molecule has 0 spiro atoms. The Morgan fingerprint density at radius 3 is 2.53 bits per heavy atom. The number of primary amides is 1. The van der Waals surface area contributed by atoms with Crippen molar-refractivity contribution in [3.63, 3.8) is 0 Å². The Morgan fingerprint density at radius 2 is 1.81 bits per heavy atom. The first kappa shape index (κ1) is 24.1. The molecule has 0 aliphatic heterocycles. The molecule has 4 aliphatic carbocycles. The van der Waals surface area contributed by atoms with Crippen LogP contribution >= 0.6 is 0 Å². The van der Waals surface area contributed by atoms with Gasteiger partial charge in [-0.1, -0.05) is 66.7 Å². The minimum absolute atomic E-state index is 0.314. The van der Waals surface area contributed by atoms with Gasteiger partial charge >= 0.3 is 6.03 Å². The van der Waals surface area contributed by atoms with Crippen molar-refractivity contribution < 1.29 is 4.79 Å². The Bertz CT molecular complexity index is 717. The number of nitrogens with zero attached hydrogens (tertiary/aromatic N) is 1. The zero-order valence-electron chi connectivity index (χ0n) is 21.5. The van der Waals surface area contributed by atoms with Crippen molar-refractivity contribution >= 4 is 11.7 Å². The second-order valence-electron chi connectivity index (χ2n) is 13.0. The summed E-state index contributed by atoms with van der Waals surface area (Å²) in [5.41, 5.74) is 10.2. The standard InChI is InChI=1S/C28H49N3O/c1-18(2)9-8-10-19(3)25-24(30-31-26(29)32)17-23-21-13-12-20-11-6-7-15-27(20,4)22(21)14-16-28(23,25)5/h18-23,25H,6-17H2,1-5H3,(H3,29,31,32)/b30-24+/t19-,20+,21-,22+,23+,25+,27+,28+/m1/s1. The van der Waals surface area contributed by atoms with Crippen molar-refractivity contribution in [2.24, 2.45) is 63.1 Å². The number of rotatable bonds is 6. The van der Waals surface area contributed by atoms with Crippen molar-refractivity contribution in [1.29, 1.82) is 0 Å². The highest BCUT2D eigenvalue weighted by molar-refractivity contribution is 5.91. The van der Waals surface area contributed by atoms with Gasteiger partial charge in [0, 0.05) is 11.6 Å². The Labute approximate surface area is 196 Å². The van der Waals surface area contributed by atoms with Crippen LogP contribution < -0.4 is 11.2 Å². The molecule has 3 N–H and O–H groups in total. The molecule has 0 aromatic carbocycles. The van der Waals surface area contributed by atoms with Gasteiger partial charge in [0.25, 0.3) is 0 Å². The molecule has 4 aliphatic rings. The van der Waals surface area contributed by atoms with E-state index < -0.39 is 6.03 Å². The molecule has 0 bridgehead atoms. The topological polar surface area (TPSA) is 67.5 Å². The summed E-state index contributed by atoms with van der Waals surface area (Å²) < 4.78 is 0. The highest BCUT2D eigenvalue weighted by Gasteiger charge is 2.61. The molecule has 0 heterocycles. The number of fused-ring (bicyclic) bond motifs is 5. The third-order valence-corrected chi connectivity index (χ3v) is 10.8. The minimum atomic E-state index is -0.531. The predicted octanol–water partition coefficient (Wildman–Crippen LogP) is 7.13. The van der Waals surface area contributed by atoms with E-state index in [1.54, 1.807) is 0 Å². The molecular formula is C28H49N3O. The first-order valence-corrected chi connectivity index (χ1v) is 13.8. The summed E-state index contributed by atoms with van der Waals surface area (Å²) in [5, 5.41) is 4.67. The number of nitrogens with two attached hydrogens (primary N) is 1. The second kappa shape index (κ2) is 9.29. The first-order chi connectivity index (χ1) is 15.2. The number of carbonyl (C=O) groups excluding carboxylic acids is 1. The molecule has 8 atom stereocenters. The van der Waals surface area contributed by atoms with Gasteiger partial charge in [-0.3, -0.25) is 0 Å². The van der Waals surface area contributed by atoms with Crippen LogP contribution in [0.4, 0.5) is 4.79 Å². The smallest absolute Gasteiger partial charge is 0.332 e. The number of urea groups is 1. The van der Waals surface area contributed by atoms with E-state index in [4.69, 9.17) is 5.73 Å². The number of nitrogens with one attached hydrogen (secondary N) is 1. The molecule has 0 unspecified atom stereocenters. The van der Waals surface area contributed by atoms with E-state index in [-0.39, 0.29) is 0 Å². The van der Waals surface area contributed by atoms with E-state index in [1.807, 2.05) is 0 Å². The molecule has 32 heavy (non-hydrogen) atoms. The molecule has 2 amide bonds. The van der Waals surface area contributed by atoms with E-state index in [0.29, 0.717) is 28.6 Å². The fourth-order valence-electron chi connectivity index (χ4n) is 9.38. The average molecular weight is 444 g/mol. The maximum Gasteiger partial charge on any atom is 0.332 e. The van der Waals surface area contributed by atoms with Crippen LogP contribution in [0.5, 0.6) is 0 Å². The zero-order chi connectivity index (χ0) is 23.1. The van der Waals surface area contributed by atoms with Crippen LogP contribution in [0.25, 0.3) is 0 Å². The van der Waals surface area contributed by atoms with Crippen molar-refractivity contribution in [3.8, 4) is 0 Å². The van der Waals surface area contributed by atoms with Gasteiger partial charge < -0.3 is 5.73 Å². The summed E-state index contributed by atoms with van der Waals surface area (Å²) in [4.78, 5) is 11.5. The van der Waals surface area contributed by atoms with Crippen LogP contribution in [0.15, 0.2) is 5.10 Å². The molecule has 0 radical (unpaired) electrons. The molecule has 4 rings (SSSR count). The first-order valence-electron chi connectivity index (χ1n) is 13.8. The Balaban J connectivity index is 1.59. The Morgan fingerprint density at radius 1 is 1.03 bits per heavy atom. The van der Waals surface area contributed by atoms with Crippen LogP contribution in [0.2, 0.25) is 0 Å². The lowest BCUT2D eigenvalue weighted by molar-refractivity contribution is -0.113. The van der Waals surface area contributed by atoms with Gasteiger partial charge in [-0.05, 0) is 91.3 Å². The van der Waals surface area contributed by atoms with E-state index in [1.165, 1.54) is 76.3 Å². The van der Waals surface area contributed by atoms with Crippen LogP contribution in [0.1, 0.15) is 112 Å². The quantitative estimate of drug-likeness (QED) is 0.421. The number of carbonyl (C=O) groups is 1.